The molecule has 4 nitrogen and oxygen atoms in total. The van der Waals surface area contributed by atoms with Crippen LogP contribution in [-0.2, 0) is 4.74 Å². The summed E-state index contributed by atoms with van der Waals surface area (Å²) in [5.74, 6) is 0.223. The fourth-order valence-corrected chi connectivity index (χ4v) is 3.20. The van der Waals surface area contributed by atoms with Crippen LogP contribution in [0.1, 0.15) is 10.4 Å². The molecule has 0 radical (unpaired) electrons. The lowest BCUT2D eigenvalue weighted by Crippen LogP contribution is -2.12. The van der Waals surface area contributed by atoms with Crippen molar-refractivity contribution in [2.75, 3.05) is 19.5 Å². The Bertz CT molecular complexity index is 696. The monoisotopic (exact) mass is 292 g/mol. The predicted molar refractivity (Wildman–Crippen MR) is 78.1 cm³/mol. The number of carbonyl (C=O) groups is 1. The zero-order valence-corrected chi connectivity index (χ0v) is 11.7. The number of ketones is 1. The molecular weight excluding hydrogens is 279 g/mol. The van der Waals surface area contributed by atoms with Gasteiger partial charge in [-0.15, -0.1) is 11.8 Å². The summed E-state index contributed by atoms with van der Waals surface area (Å²) < 4.78 is 18.4. The molecule has 6 heteroatoms. The van der Waals surface area contributed by atoms with Crippen LogP contribution in [0.25, 0.3) is 10.9 Å². The third-order valence-corrected chi connectivity index (χ3v) is 4.27. The van der Waals surface area contributed by atoms with Gasteiger partial charge in [0.2, 0.25) is 5.78 Å². The van der Waals surface area contributed by atoms with Crippen LogP contribution < -0.4 is 0 Å². The number of aromatic amines is 1. The SMILES string of the molecule is COCC1CSC(C(=O)c2c[nH]c3ccc(F)cc23)=N1. The molecule has 1 atom stereocenters. The quantitative estimate of drug-likeness (QED) is 0.881. The Hall–Kier alpha value is -1.66. The summed E-state index contributed by atoms with van der Waals surface area (Å²) in [7, 11) is 1.61. The molecule has 20 heavy (non-hydrogen) atoms. The molecule has 0 saturated heterocycles. The van der Waals surface area contributed by atoms with Crippen LogP contribution in [0.5, 0.6) is 0 Å². The molecule has 0 fully saturated rings. The number of Topliss-reactive ketones (excluding diaryl/α,β-unsaturated/α-hetero) is 1. The van der Waals surface area contributed by atoms with E-state index in [-0.39, 0.29) is 17.6 Å². The van der Waals surface area contributed by atoms with Crippen molar-refractivity contribution in [1.82, 2.24) is 4.98 Å². The first-order valence-electron chi connectivity index (χ1n) is 6.20. The minimum Gasteiger partial charge on any atom is -0.382 e. The van der Waals surface area contributed by atoms with Crippen molar-refractivity contribution < 1.29 is 13.9 Å². The van der Waals surface area contributed by atoms with Crippen LogP contribution in [0.15, 0.2) is 29.4 Å². The second-order valence-corrected chi connectivity index (χ2v) is 5.58. The van der Waals surface area contributed by atoms with Crippen molar-refractivity contribution in [2.45, 2.75) is 6.04 Å². The Kier molecular flexibility index (Phi) is 3.58. The van der Waals surface area contributed by atoms with Gasteiger partial charge in [-0.25, -0.2) is 4.39 Å². The normalized spacial score (nSPS) is 18.5. The number of carbonyl (C=O) groups excluding carboxylic acids is 1. The average Bonchev–Trinajstić information content (AvgIpc) is 3.05. The molecule has 1 aliphatic rings. The second-order valence-electron chi connectivity index (χ2n) is 4.58. The van der Waals surface area contributed by atoms with Crippen LogP contribution in [0.4, 0.5) is 4.39 Å². The Morgan fingerprint density at radius 2 is 2.45 bits per heavy atom. The van der Waals surface area contributed by atoms with Crippen molar-refractivity contribution >= 4 is 33.5 Å². The minimum atomic E-state index is -0.357. The fourth-order valence-electron chi connectivity index (χ4n) is 2.21. The molecule has 0 spiro atoms. The average molecular weight is 292 g/mol. The molecule has 104 valence electrons. The summed E-state index contributed by atoms with van der Waals surface area (Å²) >= 11 is 1.42. The highest BCUT2D eigenvalue weighted by molar-refractivity contribution is 8.16. The maximum absolute atomic E-state index is 13.3. The topological polar surface area (TPSA) is 54.5 Å². The number of hydrogen-bond acceptors (Lipinski definition) is 4. The lowest BCUT2D eigenvalue weighted by atomic mass is 10.1. The van der Waals surface area contributed by atoms with Crippen LogP contribution in [0.2, 0.25) is 0 Å². The van der Waals surface area contributed by atoms with Crippen LogP contribution in [0.3, 0.4) is 0 Å². The Morgan fingerprint density at radius 1 is 1.60 bits per heavy atom. The van der Waals surface area contributed by atoms with E-state index in [0.717, 1.165) is 11.3 Å². The standard InChI is InChI=1S/C14H13FN2O2S/c1-19-6-9-7-20-14(17-9)13(18)11-5-16-12-3-2-8(15)4-10(11)12/h2-5,9,16H,6-7H2,1H3. The number of rotatable bonds is 4. The molecular formula is C14H13FN2O2S. The summed E-state index contributed by atoms with van der Waals surface area (Å²) in [6.07, 6.45) is 1.61. The molecule has 2 aromatic rings. The lowest BCUT2D eigenvalue weighted by molar-refractivity contribution is 0.107. The molecule has 1 unspecified atom stereocenters. The van der Waals surface area contributed by atoms with Crippen molar-refractivity contribution in [3.63, 3.8) is 0 Å². The van der Waals surface area contributed by atoms with Crippen molar-refractivity contribution in [3.05, 3.63) is 35.8 Å². The first-order valence-corrected chi connectivity index (χ1v) is 7.18. The highest BCUT2D eigenvalue weighted by Crippen LogP contribution is 2.25. The van der Waals surface area contributed by atoms with E-state index in [4.69, 9.17) is 4.74 Å². The predicted octanol–water partition coefficient (Wildman–Crippen LogP) is 2.65. The summed E-state index contributed by atoms with van der Waals surface area (Å²) in [4.78, 5) is 19.8. The number of aromatic nitrogens is 1. The van der Waals surface area contributed by atoms with Gasteiger partial charge in [-0.2, -0.15) is 0 Å². The van der Waals surface area contributed by atoms with E-state index in [2.05, 4.69) is 9.98 Å². The number of aliphatic imine (C=N–C) groups is 1. The fraction of sp³-hybridized carbons (Fsp3) is 0.286. The maximum Gasteiger partial charge on any atom is 0.219 e. The summed E-state index contributed by atoms with van der Waals surface area (Å²) in [5, 5.41) is 1.06. The number of nitrogens with one attached hydrogen (secondary N) is 1. The minimum absolute atomic E-state index is 0.0193. The summed E-state index contributed by atoms with van der Waals surface area (Å²) in [6, 6.07) is 4.37. The number of halogens is 1. The number of benzene rings is 1. The van der Waals surface area contributed by atoms with Crippen molar-refractivity contribution in [3.8, 4) is 0 Å². The number of fused-ring (bicyclic) bond motifs is 1. The molecule has 1 N–H and O–H groups in total. The highest BCUT2D eigenvalue weighted by Gasteiger charge is 2.25. The van der Waals surface area contributed by atoms with Crippen molar-refractivity contribution in [1.29, 1.82) is 0 Å². The van der Waals surface area contributed by atoms with Gasteiger partial charge in [0.15, 0.2) is 0 Å². The van der Waals surface area contributed by atoms with Crippen LogP contribution in [0, 0.1) is 5.82 Å². The van der Waals surface area contributed by atoms with Gasteiger partial charge in [-0.1, -0.05) is 0 Å². The zero-order chi connectivity index (χ0) is 14.1. The van der Waals surface area contributed by atoms with E-state index >= 15 is 0 Å². The lowest BCUT2D eigenvalue weighted by Gasteiger charge is -2.01. The van der Waals surface area contributed by atoms with Crippen molar-refractivity contribution in [2.24, 2.45) is 4.99 Å². The number of thioether (sulfide) groups is 1. The molecule has 0 amide bonds. The van der Waals surface area contributed by atoms with Crippen LogP contribution in [-0.4, -0.2) is 41.3 Å². The molecule has 3 rings (SSSR count). The molecule has 1 aliphatic heterocycles. The van der Waals surface area contributed by atoms with E-state index in [0.29, 0.717) is 22.6 Å². The number of H-pyrrole nitrogens is 1. The highest BCUT2D eigenvalue weighted by atomic mass is 32.2. The Labute approximate surface area is 119 Å². The number of methoxy groups -OCH3 is 1. The maximum atomic E-state index is 13.3. The summed E-state index contributed by atoms with van der Waals surface area (Å²) in [6.45, 7) is 0.506. The summed E-state index contributed by atoms with van der Waals surface area (Å²) in [5.41, 5.74) is 1.20. The third kappa shape index (κ3) is 2.36. The number of hydrogen-bond donors (Lipinski definition) is 1. The van der Waals surface area contributed by atoms with Gasteiger partial charge in [0.25, 0.3) is 0 Å². The van der Waals surface area contributed by atoms with E-state index in [1.165, 1.54) is 23.9 Å². The molecule has 0 saturated carbocycles. The molecule has 1 aromatic heterocycles. The second kappa shape index (κ2) is 5.38. The van der Waals surface area contributed by atoms with Gasteiger partial charge < -0.3 is 9.72 Å². The van der Waals surface area contributed by atoms with E-state index in [1.54, 1.807) is 19.4 Å². The van der Waals surface area contributed by atoms with Gasteiger partial charge in [0.1, 0.15) is 10.9 Å². The van der Waals surface area contributed by atoms with Crippen LogP contribution >= 0.6 is 11.8 Å². The van der Waals surface area contributed by atoms with Gasteiger partial charge in [0.05, 0.1) is 18.2 Å². The van der Waals surface area contributed by atoms with Gasteiger partial charge in [0, 0.05) is 30.0 Å². The van der Waals surface area contributed by atoms with E-state index in [1.807, 2.05) is 0 Å². The Balaban J connectivity index is 1.93. The molecule has 1 aromatic carbocycles. The Morgan fingerprint density at radius 3 is 3.25 bits per heavy atom. The van der Waals surface area contributed by atoms with E-state index in [9.17, 15) is 9.18 Å². The van der Waals surface area contributed by atoms with Gasteiger partial charge >= 0.3 is 0 Å². The van der Waals surface area contributed by atoms with E-state index < -0.39 is 0 Å². The van der Waals surface area contributed by atoms with Gasteiger partial charge in [-0.3, -0.25) is 9.79 Å². The zero-order valence-electron chi connectivity index (χ0n) is 10.9. The molecule has 2 heterocycles. The van der Waals surface area contributed by atoms with Gasteiger partial charge in [-0.05, 0) is 18.2 Å². The first kappa shape index (κ1) is 13.3. The molecule has 0 bridgehead atoms. The number of ether oxygens (including phenoxy) is 1. The number of nitrogens with zero attached hydrogens (tertiary/aromatic N) is 1. The first-order chi connectivity index (χ1) is 9.69. The molecule has 0 aliphatic carbocycles. The third-order valence-electron chi connectivity index (χ3n) is 3.15. The smallest absolute Gasteiger partial charge is 0.219 e. The largest absolute Gasteiger partial charge is 0.382 e.